The van der Waals surface area contributed by atoms with Crippen molar-refractivity contribution in [2.45, 2.75) is 32.6 Å². The van der Waals surface area contributed by atoms with Crippen molar-refractivity contribution in [3.8, 4) is 0 Å². The smallest absolute Gasteiger partial charge is 0.267 e. The summed E-state index contributed by atoms with van der Waals surface area (Å²) in [6.07, 6.45) is 4.64. The van der Waals surface area contributed by atoms with Crippen molar-refractivity contribution in [2.24, 2.45) is 16.9 Å². The van der Waals surface area contributed by atoms with Gasteiger partial charge in [0.1, 0.15) is 0 Å². The minimum Gasteiger partial charge on any atom is -0.267 e. The standard InChI is InChI=1S/C15H17N3O3/c1-9-6-12(4-5-14(9)18(20)21)15(19)17-16-13-8-10-2-3-11(13)7-10/h4-6,10-11H,2-3,7-8H2,1H3,(H,17,19)/b16-13-. The Morgan fingerprint density at radius 3 is 2.81 bits per heavy atom. The first-order chi connectivity index (χ1) is 10.0. The van der Waals surface area contributed by atoms with Gasteiger partial charge in [0.15, 0.2) is 0 Å². The lowest BCUT2D eigenvalue weighted by Crippen LogP contribution is -2.22. The van der Waals surface area contributed by atoms with E-state index in [0.717, 1.165) is 18.1 Å². The summed E-state index contributed by atoms with van der Waals surface area (Å²) in [6.45, 7) is 1.62. The van der Waals surface area contributed by atoms with E-state index in [0.29, 0.717) is 17.0 Å². The van der Waals surface area contributed by atoms with E-state index >= 15 is 0 Å². The Bertz CT molecular complexity index is 639. The Morgan fingerprint density at radius 2 is 2.24 bits per heavy atom. The van der Waals surface area contributed by atoms with Gasteiger partial charge < -0.3 is 0 Å². The highest BCUT2D eigenvalue weighted by atomic mass is 16.6. The summed E-state index contributed by atoms with van der Waals surface area (Å²) in [5, 5.41) is 15.0. The molecule has 6 nitrogen and oxygen atoms in total. The second kappa shape index (κ2) is 5.27. The van der Waals surface area contributed by atoms with E-state index in [1.807, 2.05) is 0 Å². The summed E-state index contributed by atoms with van der Waals surface area (Å²) >= 11 is 0. The molecule has 2 saturated carbocycles. The number of rotatable bonds is 3. The van der Waals surface area contributed by atoms with E-state index in [-0.39, 0.29) is 11.6 Å². The molecule has 2 fully saturated rings. The van der Waals surface area contributed by atoms with Gasteiger partial charge in [0.2, 0.25) is 0 Å². The van der Waals surface area contributed by atoms with Gasteiger partial charge in [0.25, 0.3) is 11.6 Å². The fourth-order valence-corrected chi connectivity index (χ4v) is 3.35. The minimum absolute atomic E-state index is 0.0194. The molecule has 3 rings (SSSR count). The molecule has 21 heavy (non-hydrogen) atoms. The summed E-state index contributed by atoms with van der Waals surface area (Å²) in [5.41, 5.74) is 4.56. The monoisotopic (exact) mass is 287 g/mol. The van der Waals surface area contributed by atoms with Gasteiger partial charge in [-0.25, -0.2) is 5.43 Å². The van der Waals surface area contributed by atoms with E-state index in [1.165, 1.54) is 37.5 Å². The van der Waals surface area contributed by atoms with Crippen LogP contribution < -0.4 is 5.43 Å². The van der Waals surface area contributed by atoms with Gasteiger partial charge >= 0.3 is 0 Å². The van der Waals surface area contributed by atoms with Crippen LogP contribution in [0.4, 0.5) is 5.69 Å². The number of hydrogen-bond donors (Lipinski definition) is 1. The Labute approximate surface area is 122 Å². The lowest BCUT2D eigenvalue weighted by atomic mass is 9.99. The SMILES string of the molecule is Cc1cc(C(=O)N/N=C2/CC3CCC2C3)ccc1[N+](=O)[O-]. The van der Waals surface area contributed by atoms with Crippen molar-refractivity contribution in [3.05, 3.63) is 39.4 Å². The highest BCUT2D eigenvalue weighted by Crippen LogP contribution is 2.42. The topological polar surface area (TPSA) is 84.6 Å². The number of carbonyl (C=O) groups excluding carboxylic acids is 1. The van der Waals surface area contributed by atoms with Crippen LogP contribution in [0, 0.1) is 28.9 Å². The number of nitrogens with zero attached hydrogens (tertiary/aromatic N) is 2. The molecule has 2 bridgehead atoms. The third-order valence-electron chi connectivity index (χ3n) is 4.47. The summed E-state index contributed by atoms with van der Waals surface area (Å²) in [6, 6.07) is 4.34. The van der Waals surface area contributed by atoms with Gasteiger partial charge in [-0.2, -0.15) is 5.10 Å². The van der Waals surface area contributed by atoms with Crippen LogP contribution in [0.15, 0.2) is 23.3 Å². The normalized spacial score (nSPS) is 25.3. The molecular formula is C15H17N3O3. The molecule has 0 aromatic heterocycles. The predicted molar refractivity (Wildman–Crippen MR) is 78.2 cm³/mol. The molecule has 1 aromatic rings. The molecule has 1 amide bonds. The molecule has 2 atom stereocenters. The van der Waals surface area contributed by atoms with Gasteiger partial charge in [0, 0.05) is 22.9 Å². The molecular weight excluding hydrogens is 270 g/mol. The molecule has 0 heterocycles. The molecule has 6 heteroatoms. The number of benzene rings is 1. The van der Waals surface area contributed by atoms with E-state index in [1.54, 1.807) is 6.92 Å². The molecule has 1 aromatic carbocycles. The third-order valence-corrected chi connectivity index (χ3v) is 4.47. The number of hydrogen-bond acceptors (Lipinski definition) is 4. The molecule has 1 N–H and O–H groups in total. The van der Waals surface area contributed by atoms with Crippen LogP contribution >= 0.6 is 0 Å². The van der Waals surface area contributed by atoms with Gasteiger partial charge in [-0.1, -0.05) is 0 Å². The Balaban J connectivity index is 1.70. The van der Waals surface area contributed by atoms with Crippen molar-refractivity contribution in [3.63, 3.8) is 0 Å². The zero-order valence-electron chi connectivity index (χ0n) is 11.8. The Hall–Kier alpha value is -2.24. The highest BCUT2D eigenvalue weighted by molar-refractivity contribution is 5.96. The van der Waals surface area contributed by atoms with Gasteiger partial charge in [-0.15, -0.1) is 0 Å². The molecule has 110 valence electrons. The fraction of sp³-hybridized carbons (Fsp3) is 0.467. The Kier molecular flexibility index (Phi) is 3.45. The second-order valence-electron chi connectivity index (χ2n) is 5.88. The maximum Gasteiger partial charge on any atom is 0.272 e. The second-order valence-corrected chi connectivity index (χ2v) is 5.88. The number of nitro benzene ring substituents is 1. The molecule has 0 radical (unpaired) electrons. The van der Waals surface area contributed by atoms with E-state index in [2.05, 4.69) is 10.5 Å². The summed E-state index contributed by atoms with van der Waals surface area (Å²) < 4.78 is 0. The van der Waals surface area contributed by atoms with E-state index in [4.69, 9.17) is 0 Å². The summed E-state index contributed by atoms with van der Waals surface area (Å²) in [4.78, 5) is 22.4. The number of carbonyl (C=O) groups is 1. The number of nitro groups is 1. The third kappa shape index (κ3) is 2.66. The van der Waals surface area contributed by atoms with Crippen LogP contribution in [0.2, 0.25) is 0 Å². The van der Waals surface area contributed by atoms with Crippen LogP contribution in [0.5, 0.6) is 0 Å². The number of amides is 1. The largest absolute Gasteiger partial charge is 0.272 e. The first kappa shape index (κ1) is 13.7. The number of hydrazone groups is 1. The summed E-state index contributed by atoms with van der Waals surface area (Å²) in [5.74, 6) is 0.962. The lowest BCUT2D eigenvalue weighted by molar-refractivity contribution is -0.385. The first-order valence-electron chi connectivity index (χ1n) is 7.16. The first-order valence-corrected chi connectivity index (χ1v) is 7.16. The van der Waals surface area contributed by atoms with Crippen LogP contribution in [0.3, 0.4) is 0 Å². The highest BCUT2D eigenvalue weighted by Gasteiger charge is 2.36. The number of aryl methyl sites for hydroxylation is 1. The Morgan fingerprint density at radius 1 is 1.43 bits per heavy atom. The van der Waals surface area contributed by atoms with E-state index < -0.39 is 4.92 Å². The lowest BCUT2D eigenvalue weighted by Gasteiger charge is -2.11. The van der Waals surface area contributed by atoms with Crippen molar-refractivity contribution < 1.29 is 9.72 Å². The van der Waals surface area contributed by atoms with Crippen LogP contribution in [0.1, 0.15) is 41.6 Å². The van der Waals surface area contributed by atoms with Gasteiger partial charge in [-0.05, 0) is 56.6 Å². The average molecular weight is 287 g/mol. The van der Waals surface area contributed by atoms with Crippen molar-refractivity contribution in [1.29, 1.82) is 0 Å². The molecule has 0 spiro atoms. The van der Waals surface area contributed by atoms with Crippen molar-refractivity contribution in [1.82, 2.24) is 5.43 Å². The van der Waals surface area contributed by atoms with Crippen LogP contribution in [-0.4, -0.2) is 16.5 Å². The molecule has 2 aliphatic carbocycles. The zero-order valence-corrected chi connectivity index (χ0v) is 11.8. The molecule has 0 aliphatic heterocycles. The predicted octanol–water partition coefficient (Wildman–Crippen LogP) is 2.81. The number of nitrogens with one attached hydrogen (secondary N) is 1. The molecule has 2 aliphatic rings. The molecule has 0 saturated heterocycles. The number of fused-ring (bicyclic) bond motifs is 2. The van der Waals surface area contributed by atoms with Crippen molar-refractivity contribution in [2.75, 3.05) is 0 Å². The van der Waals surface area contributed by atoms with Crippen LogP contribution in [0.25, 0.3) is 0 Å². The summed E-state index contributed by atoms with van der Waals surface area (Å²) in [7, 11) is 0. The maximum atomic E-state index is 12.1. The minimum atomic E-state index is -0.452. The van der Waals surface area contributed by atoms with E-state index in [9.17, 15) is 14.9 Å². The quantitative estimate of drug-likeness (QED) is 0.685. The zero-order chi connectivity index (χ0) is 15.0. The fourth-order valence-electron chi connectivity index (χ4n) is 3.35. The van der Waals surface area contributed by atoms with Crippen molar-refractivity contribution >= 4 is 17.3 Å². The van der Waals surface area contributed by atoms with Gasteiger partial charge in [0.05, 0.1) is 4.92 Å². The molecule has 2 unspecified atom stereocenters. The average Bonchev–Trinajstić information content (AvgIpc) is 3.06. The van der Waals surface area contributed by atoms with Crippen LogP contribution in [-0.2, 0) is 0 Å². The maximum absolute atomic E-state index is 12.1. The van der Waals surface area contributed by atoms with Gasteiger partial charge in [-0.3, -0.25) is 14.9 Å².